The van der Waals surface area contributed by atoms with Crippen molar-refractivity contribution in [2.75, 3.05) is 13.6 Å². The molecule has 1 aliphatic heterocycles. The Balaban J connectivity index is 1.94. The van der Waals surface area contributed by atoms with Crippen molar-refractivity contribution in [3.05, 3.63) is 34.9 Å². The molecule has 1 heteroatoms. The number of hydrogen-bond acceptors (Lipinski definition) is 1. The van der Waals surface area contributed by atoms with Crippen molar-refractivity contribution in [3.63, 3.8) is 0 Å². The average Bonchev–Trinajstić information content (AvgIpc) is 2.47. The summed E-state index contributed by atoms with van der Waals surface area (Å²) >= 11 is 0. The van der Waals surface area contributed by atoms with E-state index < -0.39 is 0 Å². The van der Waals surface area contributed by atoms with Crippen LogP contribution in [-0.2, 0) is 12.8 Å². The van der Waals surface area contributed by atoms with Crippen LogP contribution in [0, 0.1) is 5.92 Å². The van der Waals surface area contributed by atoms with E-state index in [2.05, 4.69) is 37.1 Å². The molecule has 104 valence electrons. The molecule has 1 heterocycles. The first-order chi connectivity index (χ1) is 9.29. The highest BCUT2D eigenvalue weighted by atomic mass is 15.1. The van der Waals surface area contributed by atoms with E-state index in [9.17, 15) is 0 Å². The van der Waals surface area contributed by atoms with Crippen molar-refractivity contribution >= 4 is 0 Å². The number of likely N-dealkylation sites (N-methyl/N-ethyl adjacent to an activating group) is 1. The molecule has 1 unspecified atom stereocenters. The largest absolute Gasteiger partial charge is 0.299 e. The number of aryl methyl sites for hydroxylation is 1. The normalized spacial score (nSPS) is 25.3. The maximum Gasteiger partial charge on any atom is 0.0376 e. The van der Waals surface area contributed by atoms with Crippen LogP contribution in [0.2, 0.25) is 0 Å². The van der Waals surface area contributed by atoms with Gasteiger partial charge in [0, 0.05) is 12.6 Å². The third-order valence-electron chi connectivity index (χ3n) is 5.24. The van der Waals surface area contributed by atoms with Crippen LogP contribution in [0.3, 0.4) is 0 Å². The Bertz CT molecular complexity index is 431. The molecule has 0 spiro atoms. The Morgan fingerprint density at radius 1 is 1.16 bits per heavy atom. The quantitative estimate of drug-likeness (QED) is 0.761. The van der Waals surface area contributed by atoms with E-state index in [0.717, 1.165) is 12.3 Å². The van der Waals surface area contributed by atoms with Crippen molar-refractivity contribution in [1.82, 2.24) is 4.90 Å². The lowest BCUT2D eigenvalue weighted by Gasteiger charge is -2.41. The van der Waals surface area contributed by atoms with E-state index in [1.807, 2.05) is 0 Å². The van der Waals surface area contributed by atoms with Gasteiger partial charge in [-0.2, -0.15) is 0 Å². The number of hydrogen-bond donors (Lipinski definition) is 0. The molecule has 19 heavy (non-hydrogen) atoms. The predicted molar refractivity (Wildman–Crippen MR) is 81.5 cm³/mol. The van der Waals surface area contributed by atoms with Crippen LogP contribution >= 0.6 is 0 Å². The lowest BCUT2D eigenvalue weighted by molar-refractivity contribution is 0.134. The number of fused-ring (bicyclic) bond motifs is 1. The molecule has 1 nitrogen and oxygen atoms in total. The van der Waals surface area contributed by atoms with Crippen LogP contribution in [0.15, 0.2) is 18.2 Å². The van der Waals surface area contributed by atoms with Gasteiger partial charge in [0.15, 0.2) is 0 Å². The van der Waals surface area contributed by atoms with E-state index in [4.69, 9.17) is 0 Å². The van der Waals surface area contributed by atoms with Crippen molar-refractivity contribution in [2.24, 2.45) is 5.92 Å². The van der Waals surface area contributed by atoms with Gasteiger partial charge in [-0.05, 0) is 55.3 Å². The van der Waals surface area contributed by atoms with E-state index in [-0.39, 0.29) is 0 Å². The topological polar surface area (TPSA) is 3.24 Å². The van der Waals surface area contributed by atoms with Gasteiger partial charge in [0.2, 0.25) is 0 Å². The third-order valence-corrected chi connectivity index (χ3v) is 5.24. The zero-order valence-corrected chi connectivity index (χ0v) is 12.5. The van der Waals surface area contributed by atoms with Crippen LogP contribution < -0.4 is 0 Å². The summed E-state index contributed by atoms with van der Waals surface area (Å²) in [5, 5.41) is 0. The average molecular weight is 257 g/mol. The minimum atomic E-state index is 0.690. The van der Waals surface area contributed by atoms with Crippen molar-refractivity contribution in [1.29, 1.82) is 0 Å². The van der Waals surface area contributed by atoms with E-state index in [0.29, 0.717) is 6.04 Å². The van der Waals surface area contributed by atoms with Crippen LogP contribution in [0.1, 0.15) is 61.8 Å². The molecule has 1 saturated carbocycles. The highest BCUT2D eigenvalue weighted by Crippen LogP contribution is 2.41. The van der Waals surface area contributed by atoms with Gasteiger partial charge in [-0.3, -0.25) is 4.90 Å². The fourth-order valence-corrected chi connectivity index (χ4v) is 4.10. The Morgan fingerprint density at radius 3 is 2.68 bits per heavy atom. The number of benzene rings is 1. The monoisotopic (exact) mass is 257 g/mol. The molecule has 1 aromatic carbocycles. The lowest BCUT2D eigenvalue weighted by atomic mass is 9.77. The van der Waals surface area contributed by atoms with Gasteiger partial charge in [-0.15, -0.1) is 0 Å². The lowest BCUT2D eigenvalue weighted by Crippen LogP contribution is -2.37. The predicted octanol–water partition coefficient (Wildman–Crippen LogP) is 4.36. The van der Waals surface area contributed by atoms with Gasteiger partial charge in [-0.25, -0.2) is 0 Å². The fraction of sp³-hybridized carbons (Fsp3) is 0.667. The van der Waals surface area contributed by atoms with E-state index in [1.54, 1.807) is 11.1 Å². The Labute approximate surface area is 118 Å². The summed E-state index contributed by atoms with van der Waals surface area (Å²) in [7, 11) is 2.33. The smallest absolute Gasteiger partial charge is 0.0376 e. The van der Waals surface area contributed by atoms with Crippen molar-refractivity contribution < 1.29 is 0 Å². The summed E-state index contributed by atoms with van der Waals surface area (Å²) in [5.41, 5.74) is 4.78. The van der Waals surface area contributed by atoms with Crippen LogP contribution in [0.5, 0.6) is 0 Å². The maximum atomic E-state index is 2.62. The molecule has 0 amide bonds. The summed E-state index contributed by atoms with van der Waals surface area (Å²) in [6.07, 6.45) is 9.60. The summed E-state index contributed by atoms with van der Waals surface area (Å²) in [4.78, 5) is 2.62. The molecule has 2 aliphatic rings. The second-order valence-electron chi connectivity index (χ2n) is 6.46. The van der Waals surface area contributed by atoms with Gasteiger partial charge in [0.25, 0.3) is 0 Å². The van der Waals surface area contributed by atoms with Gasteiger partial charge in [0.1, 0.15) is 0 Å². The molecular weight excluding hydrogens is 230 g/mol. The van der Waals surface area contributed by atoms with Gasteiger partial charge < -0.3 is 0 Å². The first-order valence-electron chi connectivity index (χ1n) is 8.11. The van der Waals surface area contributed by atoms with Crippen LogP contribution in [0.4, 0.5) is 0 Å². The molecule has 1 atom stereocenters. The Hall–Kier alpha value is -0.820. The summed E-state index contributed by atoms with van der Waals surface area (Å²) in [6, 6.07) is 7.93. The molecule has 0 saturated heterocycles. The van der Waals surface area contributed by atoms with Gasteiger partial charge in [-0.1, -0.05) is 44.4 Å². The standard InChI is InChI=1S/C18H27N/c1-3-14-9-10-15-11-12-19(2)18(17(15)13-14)16-7-5-4-6-8-16/h9-10,13,16,18H,3-8,11-12H2,1-2H3. The van der Waals surface area contributed by atoms with Gasteiger partial charge in [0.05, 0.1) is 0 Å². The Morgan fingerprint density at radius 2 is 1.95 bits per heavy atom. The molecule has 0 aromatic heterocycles. The second-order valence-corrected chi connectivity index (χ2v) is 6.46. The third kappa shape index (κ3) is 2.58. The zero-order chi connectivity index (χ0) is 13.2. The molecule has 0 radical (unpaired) electrons. The summed E-state index contributed by atoms with van der Waals surface area (Å²) < 4.78 is 0. The summed E-state index contributed by atoms with van der Waals surface area (Å²) in [5.74, 6) is 0.893. The zero-order valence-electron chi connectivity index (χ0n) is 12.5. The van der Waals surface area contributed by atoms with E-state index in [1.165, 1.54) is 50.6 Å². The molecule has 3 rings (SSSR count). The van der Waals surface area contributed by atoms with Crippen molar-refractivity contribution in [2.45, 2.75) is 57.9 Å². The second kappa shape index (κ2) is 5.66. The minimum Gasteiger partial charge on any atom is -0.299 e. The van der Waals surface area contributed by atoms with Crippen LogP contribution in [-0.4, -0.2) is 18.5 Å². The molecule has 0 N–H and O–H groups in total. The van der Waals surface area contributed by atoms with Crippen LogP contribution in [0.25, 0.3) is 0 Å². The molecular formula is C18H27N. The summed E-state index contributed by atoms with van der Waals surface area (Å²) in [6.45, 7) is 3.50. The molecule has 1 aliphatic carbocycles. The molecule has 1 fully saturated rings. The number of rotatable bonds is 2. The minimum absolute atomic E-state index is 0.690. The van der Waals surface area contributed by atoms with Gasteiger partial charge >= 0.3 is 0 Å². The first-order valence-corrected chi connectivity index (χ1v) is 8.11. The SMILES string of the molecule is CCc1ccc2c(c1)C(C1CCCCC1)N(C)CC2. The molecule has 0 bridgehead atoms. The highest BCUT2D eigenvalue weighted by Gasteiger charge is 2.32. The maximum absolute atomic E-state index is 2.62. The Kier molecular flexibility index (Phi) is 3.93. The first kappa shape index (κ1) is 13.2. The highest BCUT2D eigenvalue weighted by molar-refractivity contribution is 5.37. The van der Waals surface area contributed by atoms with Crippen molar-refractivity contribution in [3.8, 4) is 0 Å². The molecule has 1 aromatic rings. The fourth-order valence-electron chi connectivity index (χ4n) is 4.10. The number of nitrogens with zero attached hydrogens (tertiary/aromatic N) is 1. The van der Waals surface area contributed by atoms with E-state index >= 15 is 0 Å².